The SMILES string of the molecule is CCNCc1c(Cl)cccc1SC(C)C. The van der Waals surface area contributed by atoms with Crippen LogP contribution in [0.4, 0.5) is 0 Å². The van der Waals surface area contributed by atoms with Gasteiger partial charge >= 0.3 is 0 Å². The molecule has 0 aliphatic heterocycles. The van der Waals surface area contributed by atoms with E-state index in [1.54, 1.807) is 0 Å². The van der Waals surface area contributed by atoms with Crippen LogP contribution in [0, 0.1) is 0 Å². The minimum atomic E-state index is 0.587. The smallest absolute Gasteiger partial charge is 0.0462 e. The number of halogens is 1. The Balaban J connectivity index is 2.87. The lowest BCUT2D eigenvalue weighted by atomic mass is 10.2. The van der Waals surface area contributed by atoms with Crippen molar-refractivity contribution in [2.45, 2.75) is 37.5 Å². The van der Waals surface area contributed by atoms with Crippen molar-refractivity contribution >= 4 is 23.4 Å². The van der Waals surface area contributed by atoms with Crippen molar-refractivity contribution in [3.63, 3.8) is 0 Å². The number of thioether (sulfide) groups is 1. The molecule has 0 atom stereocenters. The van der Waals surface area contributed by atoms with Crippen molar-refractivity contribution in [1.82, 2.24) is 5.32 Å². The molecule has 1 aromatic rings. The molecule has 1 rings (SSSR count). The fourth-order valence-electron chi connectivity index (χ4n) is 1.32. The lowest BCUT2D eigenvalue weighted by Gasteiger charge is -2.13. The molecule has 1 N–H and O–H groups in total. The summed E-state index contributed by atoms with van der Waals surface area (Å²) < 4.78 is 0. The van der Waals surface area contributed by atoms with Gasteiger partial charge in [0.15, 0.2) is 0 Å². The quantitative estimate of drug-likeness (QED) is 0.786. The second kappa shape index (κ2) is 6.41. The average Bonchev–Trinajstić information content (AvgIpc) is 2.16. The van der Waals surface area contributed by atoms with Gasteiger partial charge in [0.25, 0.3) is 0 Å². The van der Waals surface area contributed by atoms with Gasteiger partial charge in [-0.1, -0.05) is 38.4 Å². The van der Waals surface area contributed by atoms with Crippen molar-refractivity contribution in [3.05, 3.63) is 28.8 Å². The Kier molecular flexibility index (Phi) is 5.51. The van der Waals surface area contributed by atoms with E-state index >= 15 is 0 Å². The van der Waals surface area contributed by atoms with Gasteiger partial charge in [0.05, 0.1) is 0 Å². The van der Waals surface area contributed by atoms with Gasteiger partial charge < -0.3 is 5.32 Å². The molecule has 1 nitrogen and oxygen atoms in total. The molecule has 1 aromatic carbocycles. The maximum atomic E-state index is 6.20. The predicted molar refractivity (Wildman–Crippen MR) is 69.8 cm³/mol. The maximum Gasteiger partial charge on any atom is 0.0462 e. The average molecular weight is 244 g/mol. The molecule has 0 bridgehead atoms. The summed E-state index contributed by atoms with van der Waals surface area (Å²) >= 11 is 8.06. The molecule has 0 saturated heterocycles. The lowest BCUT2D eigenvalue weighted by molar-refractivity contribution is 0.718. The largest absolute Gasteiger partial charge is 0.313 e. The zero-order valence-electron chi connectivity index (χ0n) is 9.51. The fourth-order valence-corrected chi connectivity index (χ4v) is 2.61. The van der Waals surface area contributed by atoms with Crippen LogP contribution in [0.1, 0.15) is 26.3 Å². The summed E-state index contributed by atoms with van der Waals surface area (Å²) in [6.45, 7) is 8.32. The van der Waals surface area contributed by atoms with Crippen molar-refractivity contribution < 1.29 is 0 Å². The Labute approximate surface area is 102 Å². The summed E-state index contributed by atoms with van der Waals surface area (Å²) in [6.07, 6.45) is 0. The van der Waals surface area contributed by atoms with E-state index in [0.29, 0.717) is 5.25 Å². The maximum absolute atomic E-state index is 6.20. The third-order valence-corrected chi connectivity index (χ3v) is 3.45. The summed E-state index contributed by atoms with van der Waals surface area (Å²) in [6, 6.07) is 6.12. The highest BCUT2D eigenvalue weighted by molar-refractivity contribution is 8.00. The van der Waals surface area contributed by atoms with E-state index in [1.807, 2.05) is 23.9 Å². The van der Waals surface area contributed by atoms with Crippen LogP contribution < -0.4 is 5.32 Å². The second-order valence-electron chi connectivity index (χ2n) is 3.66. The second-order valence-corrected chi connectivity index (χ2v) is 5.69. The lowest BCUT2D eigenvalue weighted by Crippen LogP contribution is -2.13. The van der Waals surface area contributed by atoms with Crippen LogP contribution in [0.15, 0.2) is 23.1 Å². The van der Waals surface area contributed by atoms with E-state index in [2.05, 4.69) is 32.2 Å². The van der Waals surface area contributed by atoms with Gasteiger partial charge in [0.2, 0.25) is 0 Å². The van der Waals surface area contributed by atoms with Gasteiger partial charge in [-0.05, 0) is 24.2 Å². The molecule has 0 saturated carbocycles. The minimum Gasteiger partial charge on any atom is -0.313 e. The highest BCUT2D eigenvalue weighted by atomic mass is 35.5. The van der Waals surface area contributed by atoms with E-state index in [4.69, 9.17) is 11.6 Å². The summed E-state index contributed by atoms with van der Waals surface area (Å²) in [7, 11) is 0. The molecular formula is C12H18ClNS. The van der Waals surface area contributed by atoms with Crippen LogP contribution in [0.25, 0.3) is 0 Å². The molecule has 3 heteroatoms. The first-order valence-electron chi connectivity index (χ1n) is 5.30. The Morgan fingerprint density at radius 1 is 1.40 bits per heavy atom. The Morgan fingerprint density at radius 3 is 2.73 bits per heavy atom. The van der Waals surface area contributed by atoms with Crippen LogP contribution in [0.3, 0.4) is 0 Å². The van der Waals surface area contributed by atoms with Gasteiger partial charge in [-0.3, -0.25) is 0 Å². The predicted octanol–water partition coefficient (Wildman–Crippen LogP) is 3.95. The zero-order chi connectivity index (χ0) is 11.3. The molecule has 0 radical (unpaired) electrons. The van der Waals surface area contributed by atoms with Crippen LogP contribution in [0.5, 0.6) is 0 Å². The molecule has 0 heterocycles. The standard InChI is InChI=1S/C12H18ClNS/c1-4-14-8-10-11(13)6-5-7-12(10)15-9(2)3/h5-7,9,14H,4,8H2,1-3H3. The van der Waals surface area contributed by atoms with Crippen molar-refractivity contribution in [2.75, 3.05) is 6.54 Å². The molecule has 0 aromatic heterocycles. The summed E-state index contributed by atoms with van der Waals surface area (Å²) in [5.41, 5.74) is 1.22. The van der Waals surface area contributed by atoms with E-state index in [1.165, 1.54) is 10.5 Å². The highest BCUT2D eigenvalue weighted by Gasteiger charge is 2.08. The number of nitrogens with one attached hydrogen (secondary N) is 1. The third kappa shape index (κ3) is 4.06. The number of benzene rings is 1. The van der Waals surface area contributed by atoms with Crippen LogP contribution in [0.2, 0.25) is 5.02 Å². The molecule has 15 heavy (non-hydrogen) atoms. The number of hydrogen-bond acceptors (Lipinski definition) is 2. The van der Waals surface area contributed by atoms with E-state index in [0.717, 1.165) is 18.1 Å². The molecule has 0 aliphatic rings. The molecule has 0 unspecified atom stereocenters. The summed E-state index contributed by atoms with van der Waals surface area (Å²) in [5, 5.41) is 4.77. The Bertz CT molecular complexity index is 312. The van der Waals surface area contributed by atoms with E-state index in [-0.39, 0.29) is 0 Å². The first kappa shape index (κ1) is 12.9. The minimum absolute atomic E-state index is 0.587. The zero-order valence-corrected chi connectivity index (χ0v) is 11.1. The first-order valence-corrected chi connectivity index (χ1v) is 6.55. The monoisotopic (exact) mass is 243 g/mol. The van der Waals surface area contributed by atoms with Crippen molar-refractivity contribution in [1.29, 1.82) is 0 Å². The Morgan fingerprint density at radius 2 is 2.13 bits per heavy atom. The summed E-state index contributed by atoms with van der Waals surface area (Å²) in [5.74, 6) is 0. The van der Waals surface area contributed by atoms with Crippen LogP contribution >= 0.6 is 23.4 Å². The van der Waals surface area contributed by atoms with Gasteiger partial charge in [0.1, 0.15) is 0 Å². The third-order valence-electron chi connectivity index (χ3n) is 1.99. The normalized spacial score (nSPS) is 11.0. The molecule has 0 fully saturated rings. The number of rotatable bonds is 5. The van der Waals surface area contributed by atoms with Crippen LogP contribution in [-0.2, 0) is 6.54 Å². The first-order chi connectivity index (χ1) is 7.15. The van der Waals surface area contributed by atoms with E-state index < -0.39 is 0 Å². The van der Waals surface area contributed by atoms with Crippen molar-refractivity contribution in [3.8, 4) is 0 Å². The topological polar surface area (TPSA) is 12.0 Å². The molecular weight excluding hydrogens is 226 g/mol. The summed E-state index contributed by atoms with van der Waals surface area (Å²) in [4.78, 5) is 1.29. The van der Waals surface area contributed by atoms with Crippen molar-refractivity contribution in [2.24, 2.45) is 0 Å². The van der Waals surface area contributed by atoms with Gasteiger partial charge in [0, 0.05) is 21.7 Å². The molecule has 0 amide bonds. The van der Waals surface area contributed by atoms with Gasteiger partial charge in [-0.2, -0.15) is 0 Å². The molecule has 0 spiro atoms. The molecule has 84 valence electrons. The Hall–Kier alpha value is -0.180. The highest BCUT2D eigenvalue weighted by Crippen LogP contribution is 2.30. The fraction of sp³-hybridized carbons (Fsp3) is 0.500. The number of hydrogen-bond donors (Lipinski definition) is 1. The van der Waals surface area contributed by atoms with Gasteiger partial charge in [-0.25, -0.2) is 0 Å². The van der Waals surface area contributed by atoms with E-state index in [9.17, 15) is 0 Å². The van der Waals surface area contributed by atoms with Gasteiger partial charge in [-0.15, -0.1) is 11.8 Å². The molecule has 0 aliphatic carbocycles. The van der Waals surface area contributed by atoms with Crippen LogP contribution in [-0.4, -0.2) is 11.8 Å².